The molecule has 0 aliphatic rings. The van der Waals surface area contributed by atoms with Crippen molar-refractivity contribution < 1.29 is 0 Å². The Morgan fingerprint density at radius 3 is 2.50 bits per heavy atom. The molecule has 0 heterocycles. The van der Waals surface area contributed by atoms with E-state index < -0.39 is 0 Å². The predicted octanol–water partition coefficient (Wildman–Crippen LogP) is 1.61. The zero-order valence-corrected chi connectivity index (χ0v) is 5.56. The van der Waals surface area contributed by atoms with Crippen molar-refractivity contribution in [2.75, 3.05) is 6.54 Å². The standard InChI is InChI=1S/C4H7NS2.CH4/c1-2-3-5-4(6)7;/h2H,1,3H2,(H2,5,6,7);1H4. The molecule has 0 saturated heterocycles. The van der Waals surface area contributed by atoms with Crippen LogP contribution >= 0.6 is 24.8 Å². The fourth-order valence-electron chi connectivity index (χ4n) is 0.159. The third-order valence-corrected chi connectivity index (χ3v) is 0.700. The maximum Gasteiger partial charge on any atom is 0.130 e. The molecule has 1 N–H and O–H groups in total. The van der Waals surface area contributed by atoms with Crippen LogP contribution < -0.4 is 5.32 Å². The van der Waals surface area contributed by atoms with Gasteiger partial charge in [-0.05, 0) is 0 Å². The molecular formula is C5H11NS2. The largest absolute Gasteiger partial charge is 0.368 e. The first-order chi connectivity index (χ1) is 3.27. The molecule has 0 aromatic heterocycles. The van der Waals surface area contributed by atoms with Gasteiger partial charge in [0, 0.05) is 6.54 Å². The summed E-state index contributed by atoms with van der Waals surface area (Å²) in [4.78, 5) is 0. The van der Waals surface area contributed by atoms with Crippen LogP contribution in [-0.4, -0.2) is 10.9 Å². The smallest absolute Gasteiger partial charge is 0.130 e. The van der Waals surface area contributed by atoms with Crippen molar-refractivity contribution >= 4 is 29.2 Å². The van der Waals surface area contributed by atoms with Crippen LogP contribution in [-0.2, 0) is 0 Å². The summed E-state index contributed by atoms with van der Waals surface area (Å²) in [7, 11) is 0. The zero-order chi connectivity index (χ0) is 5.70. The van der Waals surface area contributed by atoms with Crippen molar-refractivity contribution in [1.29, 1.82) is 0 Å². The van der Waals surface area contributed by atoms with Crippen LogP contribution in [0.2, 0.25) is 0 Å². The Hall–Kier alpha value is -0.0200. The van der Waals surface area contributed by atoms with Crippen LogP contribution in [0.15, 0.2) is 12.7 Å². The first-order valence-corrected chi connectivity index (χ1v) is 2.70. The topological polar surface area (TPSA) is 12.0 Å². The van der Waals surface area contributed by atoms with E-state index in [1.807, 2.05) is 0 Å². The van der Waals surface area contributed by atoms with Crippen LogP contribution in [0.5, 0.6) is 0 Å². The van der Waals surface area contributed by atoms with Crippen molar-refractivity contribution in [1.82, 2.24) is 5.32 Å². The quantitative estimate of drug-likeness (QED) is 0.351. The van der Waals surface area contributed by atoms with E-state index in [0.717, 1.165) is 0 Å². The molecule has 0 aliphatic carbocycles. The summed E-state index contributed by atoms with van der Waals surface area (Å²) in [5, 5.41) is 2.77. The average molecular weight is 149 g/mol. The molecule has 0 unspecified atom stereocenters. The van der Waals surface area contributed by atoms with Crippen LogP contribution in [0, 0.1) is 0 Å². The summed E-state index contributed by atoms with van der Waals surface area (Å²) >= 11 is 8.37. The van der Waals surface area contributed by atoms with Gasteiger partial charge in [-0.25, -0.2) is 0 Å². The molecule has 0 amide bonds. The minimum absolute atomic E-state index is 0. The van der Waals surface area contributed by atoms with Crippen LogP contribution in [0.3, 0.4) is 0 Å². The third kappa shape index (κ3) is 9.36. The molecule has 0 spiro atoms. The van der Waals surface area contributed by atoms with Crippen molar-refractivity contribution in [2.45, 2.75) is 7.43 Å². The van der Waals surface area contributed by atoms with Gasteiger partial charge in [-0.15, -0.1) is 19.2 Å². The van der Waals surface area contributed by atoms with Crippen LogP contribution in [0.1, 0.15) is 7.43 Å². The second kappa shape index (κ2) is 6.98. The molecule has 0 aliphatic heterocycles. The normalized spacial score (nSPS) is 6.62. The van der Waals surface area contributed by atoms with Gasteiger partial charge in [0.15, 0.2) is 0 Å². The van der Waals surface area contributed by atoms with E-state index in [-0.39, 0.29) is 7.43 Å². The number of hydrogen-bond acceptors (Lipinski definition) is 1. The molecule has 48 valence electrons. The fourth-order valence-corrected chi connectivity index (χ4v) is 0.334. The highest BCUT2D eigenvalue weighted by molar-refractivity contribution is 8.11. The molecular weight excluding hydrogens is 138 g/mol. The number of hydrogen-bond donors (Lipinski definition) is 2. The van der Waals surface area contributed by atoms with Crippen molar-refractivity contribution in [3.63, 3.8) is 0 Å². The molecule has 1 nitrogen and oxygen atoms in total. The Bertz CT molecular complexity index is 80.5. The summed E-state index contributed by atoms with van der Waals surface area (Å²) in [5.74, 6) is 0. The Balaban J connectivity index is 0. The van der Waals surface area contributed by atoms with Gasteiger partial charge in [-0.1, -0.05) is 25.7 Å². The van der Waals surface area contributed by atoms with E-state index in [2.05, 4.69) is 36.7 Å². The Morgan fingerprint density at radius 2 is 2.38 bits per heavy atom. The second-order valence-electron chi connectivity index (χ2n) is 0.975. The van der Waals surface area contributed by atoms with Gasteiger partial charge in [0.1, 0.15) is 4.32 Å². The molecule has 0 saturated carbocycles. The lowest BCUT2D eigenvalue weighted by atomic mass is 10.6. The van der Waals surface area contributed by atoms with E-state index in [0.29, 0.717) is 10.9 Å². The van der Waals surface area contributed by atoms with Crippen molar-refractivity contribution in [3.05, 3.63) is 12.7 Å². The lowest BCUT2D eigenvalue weighted by Crippen LogP contribution is -2.14. The van der Waals surface area contributed by atoms with E-state index in [1.165, 1.54) is 0 Å². The van der Waals surface area contributed by atoms with E-state index >= 15 is 0 Å². The van der Waals surface area contributed by atoms with Gasteiger partial charge in [-0.2, -0.15) is 0 Å². The first-order valence-electron chi connectivity index (χ1n) is 1.85. The van der Waals surface area contributed by atoms with Crippen molar-refractivity contribution in [3.8, 4) is 0 Å². The van der Waals surface area contributed by atoms with Gasteiger partial charge in [-0.3, -0.25) is 0 Å². The molecule has 0 aromatic carbocycles. The minimum atomic E-state index is 0. The van der Waals surface area contributed by atoms with Crippen LogP contribution in [0.4, 0.5) is 0 Å². The molecule has 8 heavy (non-hydrogen) atoms. The average Bonchev–Trinajstić information content (AvgIpc) is 1.61. The van der Waals surface area contributed by atoms with E-state index in [4.69, 9.17) is 0 Å². The summed E-state index contributed by atoms with van der Waals surface area (Å²) in [5.41, 5.74) is 0. The molecule has 0 atom stereocenters. The van der Waals surface area contributed by atoms with Crippen molar-refractivity contribution in [2.24, 2.45) is 0 Å². The summed E-state index contributed by atoms with van der Waals surface area (Å²) < 4.78 is 0.514. The third-order valence-electron chi connectivity index (χ3n) is 0.398. The lowest BCUT2D eigenvalue weighted by Gasteiger charge is -1.93. The van der Waals surface area contributed by atoms with Crippen LogP contribution in [0.25, 0.3) is 0 Å². The number of thiocarbonyl (C=S) groups is 1. The summed E-state index contributed by atoms with van der Waals surface area (Å²) in [6.07, 6.45) is 1.72. The van der Waals surface area contributed by atoms with Gasteiger partial charge in [0.2, 0.25) is 0 Å². The highest BCUT2D eigenvalue weighted by Crippen LogP contribution is 1.74. The Kier molecular flexibility index (Phi) is 9.49. The molecule has 0 fully saturated rings. The van der Waals surface area contributed by atoms with Gasteiger partial charge in [0.25, 0.3) is 0 Å². The Labute approximate surface area is 61.6 Å². The van der Waals surface area contributed by atoms with E-state index in [1.54, 1.807) is 6.08 Å². The van der Waals surface area contributed by atoms with Gasteiger partial charge < -0.3 is 5.32 Å². The highest BCUT2D eigenvalue weighted by atomic mass is 32.1. The monoisotopic (exact) mass is 149 g/mol. The number of rotatable bonds is 2. The molecule has 0 rings (SSSR count). The lowest BCUT2D eigenvalue weighted by molar-refractivity contribution is 1.08. The summed E-state index contributed by atoms with van der Waals surface area (Å²) in [6, 6.07) is 0. The SMILES string of the molecule is C.C=CCNC(=S)S. The highest BCUT2D eigenvalue weighted by Gasteiger charge is 1.77. The number of thiol groups is 1. The zero-order valence-electron chi connectivity index (χ0n) is 3.85. The molecule has 0 radical (unpaired) electrons. The first kappa shape index (κ1) is 10.9. The van der Waals surface area contributed by atoms with Gasteiger partial charge >= 0.3 is 0 Å². The van der Waals surface area contributed by atoms with E-state index in [9.17, 15) is 0 Å². The second-order valence-corrected chi connectivity index (χ2v) is 2.13. The fraction of sp³-hybridized carbons (Fsp3) is 0.400. The molecule has 3 heteroatoms. The maximum absolute atomic E-state index is 4.57. The summed E-state index contributed by atoms with van der Waals surface area (Å²) in [6.45, 7) is 4.17. The number of nitrogens with one attached hydrogen (secondary N) is 1. The molecule has 0 bridgehead atoms. The van der Waals surface area contributed by atoms with Gasteiger partial charge in [0.05, 0.1) is 0 Å². The predicted molar refractivity (Wildman–Crippen MR) is 46.5 cm³/mol. The minimum Gasteiger partial charge on any atom is -0.368 e. The molecule has 0 aromatic rings. The maximum atomic E-state index is 4.57. The Morgan fingerprint density at radius 1 is 1.88 bits per heavy atom.